The van der Waals surface area contributed by atoms with Crippen molar-refractivity contribution in [1.82, 2.24) is 10.2 Å². The summed E-state index contributed by atoms with van der Waals surface area (Å²) in [5, 5.41) is 5.33. The minimum absolute atomic E-state index is 0.225. The molecule has 0 aliphatic carbocycles. The van der Waals surface area contributed by atoms with Crippen molar-refractivity contribution in [2.75, 3.05) is 0 Å². The Morgan fingerprint density at radius 3 is 1.57 bits per heavy atom. The molecule has 0 saturated heterocycles. The first-order chi connectivity index (χ1) is 6.59. The number of hydrogen-bond donors (Lipinski definition) is 2. The van der Waals surface area contributed by atoms with Gasteiger partial charge in [0, 0.05) is 0 Å². The van der Waals surface area contributed by atoms with E-state index in [2.05, 4.69) is 10.2 Å². The highest BCUT2D eigenvalue weighted by atomic mass is 35.5. The molecule has 0 aliphatic rings. The molecule has 0 fully saturated rings. The van der Waals surface area contributed by atoms with E-state index >= 15 is 0 Å². The zero-order valence-electron chi connectivity index (χ0n) is 6.73. The number of aromatic amines is 2. The lowest BCUT2D eigenvalue weighted by molar-refractivity contribution is 0.976. The van der Waals surface area contributed by atoms with Gasteiger partial charge in [0.15, 0.2) is 0 Å². The summed E-state index contributed by atoms with van der Waals surface area (Å²) in [6.45, 7) is 0. The van der Waals surface area contributed by atoms with E-state index in [0.29, 0.717) is 0 Å². The van der Waals surface area contributed by atoms with E-state index in [1.807, 2.05) is 0 Å². The second-order valence-corrected chi connectivity index (χ2v) is 3.53. The Kier molecular flexibility index (Phi) is 2.09. The molecule has 0 saturated carbocycles. The fourth-order valence-corrected chi connectivity index (χ4v) is 1.50. The lowest BCUT2D eigenvalue weighted by atomic mass is 10.2. The smallest absolute Gasteiger partial charge is 0.267 e. The second-order valence-electron chi connectivity index (χ2n) is 2.72. The van der Waals surface area contributed by atoms with E-state index in [0.717, 1.165) is 0 Å². The topological polar surface area (TPSA) is 65.7 Å². The molecule has 72 valence electrons. The van der Waals surface area contributed by atoms with Gasteiger partial charge in [-0.1, -0.05) is 23.2 Å². The van der Waals surface area contributed by atoms with Crippen LogP contribution < -0.4 is 11.1 Å². The molecule has 14 heavy (non-hydrogen) atoms. The number of fused-ring (bicyclic) bond motifs is 1. The van der Waals surface area contributed by atoms with Crippen molar-refractivity contribution in [1.29, 1.82) is 0 Å². The molecule has 0 unspecified atom stereocenters. The van der Waals surface area contributed by atoms with Crippen LogP contribution >= 0.6 is 23.2 Å². The Balaban J connectivity index is 3.10. The van der Waals surface area contributed by atoms with Crippen LogP contribution in [0, 0.1) is 0 Å². The number of halogens is 2. The van der Waals surface area contributed by atoms with Gasteiger partial charge in [-0.3, -0.25) is 19.8 Å². The highest BCUT2D eigenvalue weighted by molar-refractivity contribution is 6.42. The molecule has 0 atom stereocenters. The van der Waals surface area contributed by atoms with E-state index < -0.39 is 11.1 Å². The van der Waals surface area contributed by atoms with E-state index in [1.165, 1.54) is 12.1 Å². The summed E-state index contributed by atoms with van der Waals surface area (Å²) >= 11 is 11.4. The average Bonchev–Trinajstić information content (AvgIpc) is 2.15. The predicted molar refractivity (Wildman–Crippen MR) is 55.2 cm³/mol. The first-order valence-electron chi connectivity index (χ1n) is 3.69. The normalized spacial score (nSPS) is 10.7. The van der Waals surface area contributed by atoms with Crippen LogP contribution in [0.5, 0.6) is 0 Å². The molecule has 0 spiro atoms. The molecule has 1 heterocycles. The van der Waals surface area contributed by atoms with Gasteiger partial charge in [0.25, 0.3) is 11.1 Å². The zero-order valence-corrected chi connectivity index (χ0v) is 8.24. The molecule has 4 nitrogen and oxygen atoms in total. The Morgan fingerprint density at radius 1 is 0.857 bits per heavy atom. The van der Waals surface area contributed by atoms with Crippen LogP contribution in [0.2, 0.25) is 10.0 Å². The van der Waals surface area contributed by atoms with Gasteiger partial charge in [-0.25, -0.2) is 0 Å². The molecule has 1 aromatic carbocycles. The summed E-state index contributed by atoms with van der Waals surface area (Å²) in [4.78, 5) is 22.5. The summed E-state index contributed by atoms with van der Waals surface area (Å²) in [7, 11) is 0. The van der Waals surface area contributed by atoms with Crippen molar-refractivity contribution in [2.24, 2.45) is 0 Å². The SMILES string of the molecule is O=c1[nH][nH]c(=O)c2cc(Cl)c(Cl)cc12. The maximum Gasteiger partial charge on any atom is 0.270 e. The molecule has 0 aliphatic heterocycles. The molecule has 2 N–H and O–H groups in total. The van der Waals surface area contributed by atoms with Crippen LogP contribution in [0.15, 0.2) is 21.7 Å². The van der Waals surface area contributed by atoms with Crippen LogP contribution in [0.25, 0.3) is 10.8 Å². The van der Waals surface area contributed by atoms with Crippen molar-refractivity contribution in [2.45, 2.75) is 0 Å². The molecule has 6 heteroatoms. The summed E-state index contributed by atoms with van der Waals surface area (Å²) in [5.74, 6) is 0. The van der Waals surface area contributed by atoms with E-state index in [4.69, 9.17) is 23.2 Å². The highest BCUT2D eigenvalue weighted by Gasteiger charge is 2.06. The molecule has 0 radical (unpaired) electrons. The fraction of sp³-hybridized carbons (Fsp3) is 0. The van der Waals surface area contributed by atoms with E-state index in [-0.39, 0.29) is 20.8 Å². The maximum atomic E-state index is 11.3. The van der Waals surface area contributed by atoms with Gasteiger partial charge in [-0.15, -0.1) is 0 Å². The van der Waals surface area contributed by atoms with Crippen molar-refractivity contribution in [3.8, 4) is 0 Å². The van der Waals surface area contributed by atoms with Crippen molar-refractivity contribution in [3.05, 3.63) is 42.9 Å². The Morgan fingerprint density at radius 2 is 1.21 bits per heavy atom. The summed E-state index contributed by atoms with van der Waals surface area (Å²) in [5.41, 5.74) is -0.809. The molecule has 0 bridgehead atoms. The van der Waals surface area contributed by atoms with Gasteiger partial charge < -0.3 is 0 Å². The van der Waals surface area contributed by atoms with Gasteiger partial charge in [-0.05, 0) is 12.1 Å². The zero-order chi connectivity index (χ0) is 10.3. The number of H-pyrrole nitrogens is 2. The Hall–Kier alpha value is -1.26. The van der Waals surface area contributed by atoms with E-state index in [1.54, 1.807) is 0 Å². The number of nitrogens with one attached hydrogen (secondary N) is 2. The quantitative estimate of drug-likeness (QED) is 0.721. The minimum Gasteiger partial charge on any atom is -0.267 e. The molecular formula is C8H4Cl2N2O2. The number of aromatic nitrogens is 2. The maximum absolute atomic E-state index is 11.3. The number of benzene rings is 1. The van der Waals surface area contributed by atoms with Crippen LogP contribution in [-0.4, -0.2) is 10.2 Å². The first kappa shape index (κ1) is 9.30. The van der Waals surface area contributed by atoms with Crippen LogP contribution in [0.3, 0.4) is 0 Å². The fourth-order valence-electron chi connectivity index (χ4n) is 1.17. The summed E-state index contributed by atoms with van der Waals surface area (Å²) in [6.07, 6.45) is 0. The minimum atomic E-state index is -0.404. The van der Waals surface area contributed by atoms with Crippen molar-refractivity contribution >= 4 is 34.0 Å². The van der Waals surface area contributed by atoms with E-state index in [9.17, 15) is 9.59 Å². The third-order valence-electron chi connectivity index (χ3n) is 1.84. The van der Waals surface area contributed by atoms with Crippen molar-refractivity contribution in [3.63, 3.8) is 0 Å². The summed E-state index contributed by atoms with van der Waals surface area (Å²) in [6, 6.07) is 2.74. The predicted octanol–water partition coefficient (Wildman–Crippen LogP) is 1.52. The summed E-state index contributed by atoms with van der Waals surface area (Å²) < 4.78 is 0. The Labute approximate surface area is 87.5 Å². The first-order valence-corrected chi connectivity index (χ1v) is 4.45. The number of hydrogen-bond acceptors (Lipinski definition) is 2. The molecule has 1 aromatic heterocycles. The Bertz CT molecular complexity index is 560. The van der Waals surface area contributed by atoms with Gasteiger partial charge in [-0.2, -0.15) is 0 Å². The van der Waals surface area contributed by atoms with Crippen LogP contribution in [0.4, 0.5) is 0 Å². The van der Waals surface area contributed by atoms with Crippen LogP contribution in [-0.2, 0) is 0 Å². The number of rotatable bonds is 0. The lowest BCUT2D eigenvalue weighted by Crippen LogP contribution is -2.18. The standard InChI is InChI=1S/C8H4Cl2N2O2/c9-5-1-3-4(2-6(5)10)8(14)12-11-7(3)13/h1-2H,(H,11,13)(H,12,14). The van der Waals surface area contributed by atoms with Crippen LogP contribution in [0.1, 0.15) is 0 Å². The highest BCUT2D eigenvalue weighted by Crippen LogP contribution is 2.24. The average molecular weight is 231 g/mol. The third-order valence-corrected chi connectivity index (χ3v) is 2.56. The monoisotopic (exact) mass is 230 g/mol. The molecule has 2 rings (SSSR count). The molecular weight excluding hydrogens is 227 g/mol. The van der Waals surface area contributed by atoms with Gasteiger partial charge in [0.05, 0.1) is 20.8 Å². The third kappa shape index (κ3) is 1.32. The van der Waals surface area contributed by atoms with Gasteiger partial charge in [0.1, 0.15) is 0 Å². The largest absolute Gasteiger partial charge is 0.270 e. The van der Waals surface area contributed by atoms with Gasteiger partial charge >= 0.3 is 0 Å². The van der Waals surface area contributed by atoms with Gasteiger partial charge in [0.2, 0.25) is 0 Å². The molecule has 2 aromatic rings. The lowest BCUT2D eigenvalue weighted by Gasteiger charge is -1.98. The second kappa shape index (κ2) is 3.15. The van der Waals surface area contributed by atoms with Crippen molar-refractivity contribution < 1.29 is 0 Å². The molecule has 0 amide bonds.